The molecule has 1 N–H and O–H groups in total. The fourth-order valence-electron chi connectivity index (χ4n) is 2.73. The van der Waals surface area contributed by atoms with Crippen molar-refractivity contribution in [1.29, 1.82) is 0 Å². The number of rotatable bonds is 7. The molecule has 0 unspecified atom stereocenters. The lowest BCUT2D eigenvalue weighted by molar-refractivity contribution is 0.0945. The molecule has 8 heteroatoms. The zero-order valence-electron chi connectivity index (χ0n) is 14.7. The van der Waals surface area contributed by atoms with Crippen molar-refractivity contribution < 1.29 is 9.53 Å². The molecule has 0 aliphatic carbocycles. The summed E-state index contributed by atoms with van der Waals surface area (Å²) in [5.41, 5.74) is 0.989. The Labute approximate surface area is 157 Å². The highest BCUT2D eigenvalue weighted by Gasteiger charge is 2.19. The number of anilines is 1. The highest BCUT2D eigenvalue weighted by atomic mass is 35.5. The molecule has 2 aromatic heterocycles. The number of amides is 1. The van der Waals surface area contributed by atoms with Crippen molar-refractivity contribution in [2.75, 3.05) is 24.6 Å². The molecule has 0 saturated carbocycles. The fraction of sp³-hybridized carbons (Fsp3) is 0.444. The lowest BCUT2D eigenvalue weighted by Gasteiger charge is -2.16. The second-order valence-electron chi connectivity index (χ2n) is 6.06. The van der Waals surface area contributed by atoms with Crippen LogP contribution in [0.2, 0.25) is 5.02 Å². The van der Waals surface area contributed by atoms with Crippen LogP contribution in [0.4, 0.5) is 5.95 Å². The lowest BCUT2D eigenvalue weighted by Crippen LogP contribution is -2.27. The summed E-state index contributed by atoms with van der Waals surface area (Å²) in [5.74, 6) is 0.731. The number of pyridine rings is 1. The number of nitrogens with zero attached hydrogens (tertiary/aromatic N) is 4. The number of ether oxygens (including phenoxy) is 1. The number of hydrogen-bond acceptors (Lipinski definition) is 6. The van der Waals surface area contributed by atoms with E-state index in [1.165, 1.54) is 6.20 Å². The maximum atomic E-state index is 12.6. The highest BCUT2D eigenvalue weighted by Crippen LogP contribution is 2.20. The molecule has 3 heterocycles. The van der Waals surface area contributed by atoms with E-state index in [4.69, 9.17) is 16.3 Å². The summed E-state index contributed by atoms with van der Waals surface area (Å²) in [6.45, 7) is 4.69. The lowest BCUT2D eigenvalue weighted by atomic mass is 10.2. The van der Waals surface area contributed by atoms with Gasteiger partial charge >= 0.3 is 0 Å². The van der Waals surface area contributed by atoms with Crippen molar-refractivity contribution in [3.8, 4) is 5.88 Å². The van der Waals surface area contributed by atoms with Gasteiger partial charge in [-0.3, -0.25) is 4.79 Å². The van der Waals surface area contributed by atoms with Crippen LogP contribution in [-0.4, -0.2) is 40.6 Å². The third-order valence-electron chi connectivity index (χ3n) is 4.07. The first-order chi connectivity index (χ1) is 12.7. The monoisotopic (exact) mass is 375 g/mol. The highest BCUT2D eigenvalue weighted by molar-refractivity contribution is 6.33. The molecule has 2 aromatic rings. The molecular weight excluding hydrogens is 354 g/mol. The molecule has 0 radical (unpaired) electrons. The van der Waals surface area contributed by atoms with Crippen LogP contribution in [0.15, 0.2) is 24.5 Å². The first kappa shape index (κ1) is 18.4. The second-order valence-corrected chi connectivity index (χ2v) is 6.47. The van der Waals surface area contributed by atoms with Gasteiger partial charge in [-0.05, 0) is 25.3 Å². The number of halogens is 1. The normalized spacial score (nSPS) is 13.7. The summed E-state index contributed by atoms with van der Waals surface area (Å²) >= 11 is 6.14. The molecule has 0 spiro atoms. The van der Waals surface area contributed by atoms with E-state index in [0.29, 0.717) is 18.4 Å². The summed E-state index contributed by atoms with van der Waals surface area (Å²) in [5, 5.41) is 3.07. The molecule has 3 rings (SSSR count). The van der Waals surface area contributed by atoms with E-state index in [-0.39, 0.29) is 23.2 Å². The average molecular weight is 376 g/mol. The molecule has 1 aliphatic heterocycles. The van der Waals surface area contributed by atoms with Crippen LogP contribution in [0.5, 0.6) is 5.88 Å². The molecule has 7 nitrogen and oxygen atoms in total. The Morgan fingerprint density at radius 1 is 1.35 bits per heavy atom. The minimum atomic E-state index is -0.344. The molecule has 1 aliphatic rings. The molecule has 1 amide bonds. The summed E-state index contributed by atoms with van der Waals surface area (Å²) in [4.78, 5) is 27.4. The first-order valence-electron chi connectivity index (χ1n) is 8.81. The molecule has 26 heavy (non-hydrogen) atoms. The summed E-state index contributed by atoms with van der Waals surface area (Å²) in [6, 6.07) is 3.68. The van der Waals surface area contributed by atoms with Crippen LogP contribution >= 0.6 is 11.6 Å². The summed E-state index contributed by atoms with van der Waals surface area (Å²) in [7, 11) is 0. The van der Waals surface area contributed by atoms with E-state index in [1.807, 2.05) is 19.1 Å². The number of carbonyl (C=O) groups is 1. The Kier molecular flexibility index (Phi) is 6.22. The predicted molar refractivity (Wildman–Crippen MR) is 99.7 cm³/mol. The minimum absolute atomic E-state index is 0.184. The summed E-state index contributed by atoms with van der Waals surface area (Å²) in [6.07, 6.45) is 6.25. The van der Waals surface area contributed by atoms with Gasteiger partial charge in [-0.25, -0.2) is 15.0 Å². The molecule has 0 atom stereocenters. The van der Waals surface area contributed by atoms with Gasteiger partial charge in [-0.15, -0.1) is 0 Å². The number of hydrogen-bond donors (Lipinski definition) is 1. The van der Waals surface area contributed by atoms with Crippen molar-refractivity contribution >= 4 is 23.5 Å². The predicted octanol–water partition coefficient (Wildman–Crippen LogP) is 2.84. The Morgan fingerprint density at radius 2 is 2.15 bits per heavy atom. The van der Waals surface area contributed by atoms with Gasteiger partial charge in [0, 0.05) is 31.4 Å². The Balaban J connectivity index is 1.69. The van der Waals surface area contributed by atoms with Gasteiger partial charge in [-0.1, -0.05) is 24.6 Å². The number of carbonyl (C=O) groups excluding carboxylic acids is 1. The molecule has 0 bridgehead atoms. The van der Waals surface area contributed by atoms with E-state index < -0.39 is 0 Å². The number of nitrogens with one attached hydrogen (secondary N) is 1. The fourth-order valence-corrected chi connectivity index (χ4v) is 2.91. The second kappa shape index (κ2) is 8.80. The Morgan fingerprint density at radius 3 is 2.92 bits per heavy atom. The Hall–Kier alpha value is -2.41. The van der Waals surface area contributed by atoms with Gasteiger partial charge in [0.15, 0.2) is 5.69 Å². The van der Waals surface area contributed by atoms with Crippen molar-refractivity contribution in [2.45, 2.75) is 32.7 Å². The van der Waals surface area contributed by atoms with Crippen LogP contribution in [0, 0.1) is 0 Å². The van der Waals surface area contributed by atoms with Crippen LogP contribution < -0.4 is 15.0 Å². The maximum absolute atomic E-state index is 12.6. The SMILES string of the molecule is CCCOc1ncccc1CNC(=O)c1nc(N2CCCC2)ncc1Cl. The van der Waals surface area contributed by atoms with Crippen molar-refractivity contribution in [1.82, 2.24) is 20.3 Å². The minimum Gasteiger partial charge on any atom is -0.477 e. The first-order valence-corrected chi connectivity index (χ1v) is 9.19. The van der Waals surface area contributed by atoms with Crippen LogP contribution in [0.25, 0.3) is 0 Å². The van der Waals surface area contributed by atoms with E-state index >= 15 is 0 Å². The molecule has 1 fully saturated rings. The van der Waals surface area contributed by atoms with E-state index in [2.05, 4.69) is 25.2 Å². The van der Waals surface area contributed by atoms with Crippen LogP contribution in [-0.2, 0) is 6.54 Å². The molecule has 0 aromatic carbocycles. The van der Waals surface area contributed by atoms with Gasteiger partial charge in [0.05, 0.1) is 17.8 Å². The maximum Gasteiger partial charge on any atom is 0.271 e. The van der Waals surface area contributed by atoms with Crippen molar-refractivity contribution in [3.05, 3.63) is 40.8 Å². The van der Waals surface area contributed by atoms with Crippen LogP contribution in [0.3, 0.4) is 0 Å². The number of aromatic nitrogens is 3. The zero-order valence-corrected chi connectivity index (χ0v) is 15.5. The van der Waals surface area contributed by atoms with E-state index in [9.17, 15) is 4.79 Å². The van der Waals surface area contributed by atoms with Crippen molar-refractivity contribution in [3.63, 3.8) is 0 Å². The van der Waals surface area contributed by atoms with Gasteiger partial charge in [-0.2, -0.15) is 0 Å². The van der Waals surface area contributed by atoms with Gasteiger partial charge in [0.25, 0.3) is 5.91 Å². The smallest absolute Gasteiger partial charge is 0.271 e. The average Bonchev–Trinajstić information content (AvgIpc) is 3.20. The molecular formula is C18H22ClN5O2. The van der Waals surface area contributed by atoms with Crippen molar-refractivity contribution in [2.24, 2.45) is 0 Å². The van der Waals surface area contributed by atoms with Gasteiger partial charge in [0.2, 0.25) is 11.8 Å². The van der Waals surface area contributed by atoms with Crippen LogP contribution in [0.1, 0.15) is 42.2 Å². The standard InChI is InChI=1S/C18H22ClN5O2/c1-2-10-26-17-13(6-5-7-20-17)11-21-16(25)15-14(19)12-22-18(23-15)24-8-3-4-9-24/h5-7,12H,2-4,8-11H2,1H3,(H,21,25). The quantitative estimate of drug-likeness (QED) is 0.801. The largest absolute Gasteiger partial charge is 0.477 e. The zero-order chi connectivity index (χ0) is 18.4. The third-order valence-corrected chi connectivity index (χ3v) is 4.34. The Bertz CT molecular complexity index is 765. The summed E-state index contributed by atoms with van der Waals surface area (Å²) < 4.78 is 5.61. The molecule has 1 saturated heterocycles. The third kappa shape index (κ3) is 4.40. The van der Waals surface area contributed by atoms with E-state index in [0.717, 1.165) is 37.9 Å². The van der Waals surface area contributed by atoms with Gasteiger partial charge in [0.1, 0.15) is 0 Å². The topological polar surface area (TPSA) is 80.2 Å². The van der Waals surface area contributed by atoms with Gasteiger partial charge < -0.3 is 15.0 Å². The van der Waals surface area contributed by atoms with E-state index in [1.54, 1.807) is 6.20 Å². The molecule has 138 valence electrons.